The molecule has 0 bridgehead atoms. The molecule has 0 aromatic heterocycles. The maximum absolute atomic E-state index is 13.1. The molecule has 86 valence electrons. The molecule has 1 rings (SSSR count). The third-order valence-electron chi connectivity index (χ3n) is 1.93. The van der Waals surface area contributed by atoms with Crippen LogP contribution >= 0.6 is 0 Å². The van der Waals surface area contributed by atoms with E-state index in [2.05, 4.69) is 0 Å². The molecule has 0 aliphatic carbocycles. The number of hydrogen-bond acceptors (Lipinski definition) is 2. The summed E-state index contributed by atoms with van der Waals surface area (Å²) >= 11 is 0. The van der Waals surface area contributed by atoms with Gasteiger partial charge in [-0.25, -0.2) is 22.0 Å². The fourth-order valence-corrected chi connectivity index (χ4v) is 1.15. The van der Waals surface area contributed by atoms with E-state index in [1.54, 1.807) is 0 Å². The van der Waals surface area contributed by atoms with Crippen LogP contribution in [-0.4, -0.2) is 0 Å². The molecule has 0 spiro atoms. The second kappa shape index (κ2) is 4.45. The van der Waals surface area contributed by atoms with Gasteiger partial charge in [0, 0.05) is 11.6 Å². The quantitative estimate of drug-likeness (QED) is 0.486. The van der Waals surface area contributed by atoms with Crippen LogP contribution in [0.1, 0.15) is 18.0 Å². The highest BCUT2D eigenvalue weighted by atomic mass is 19.2. The Morgan fingerprint density at radius 2 is 1.31 bits per heavy atom. The Morgan fingerprint density at radius 1 is 0.938 bits per heavy atom. The van der Waals surface area contributed by atoms with Crippen LogP contribution in [0.5, 0.6) is 0 Å². The first-order valence-electron chi connectivity index (χ1n) is 4.05. The van der Waals surface area contributed by atoms with E-state index in [1.165, 1.54) is 6.07 Å². The molecule has 2 nitrogen and oxygen atoms in total. The highest BCUT2D eigenvalue weighted by molar-refractivity contribution is 5.27. The molecule has 0 amide bonds. The molecule has 1 atom stereocenters. The first-order valence-corrected chi connectivity index (χ1v) is 4.05. The van der Waals surface area contributed by atoms with E-state index in [-0.39, 0.29) is 0 Å². The Hall–Kier alpha value is -1.68. The molecule has 0 saturated heterocycles. The minimum Gasteiger partial charge on any atom is -0.323 e. The van der Waals surface area contributed by atoms with Gasteiger partial charge < -0.3 is 5.73 Å². The number of nitrogens with zero attached hydrogens (tertiary/aromatic N) is 1. The SMILES string of the molecule is N#CC[C@@H](N)c1c(F)c(F)c(F)c(F)c1F. The minimum absolute atomic E-state index is 0.557. The van der Waals surface area contributed by atoms with Crippen LogP contribution in [0.25, 0.3) is 0 Å². The van der Waals surface area contributed by atoms with Crippen LogP contribution < -0.4 is 5.73 Å². The minimum atomic E-state index is -2.25. The van der Waals surface area contributed by atoms with Crippen molar-refractivity contribution in [1.82, 2.24) is 0 Å². The molecule has 1 aromatic rings. The molecule has 0 saturated carbocycles. The van der Waals surface area contributed by atoms with Gasteiger partial charge in [0.1, 0.15) is 0 Å². The zero-order chi connectivity index (χ0) is 12.5. The lowest BCUT2D eigenvalue weighted by Crippen LogP contribution is -2.17. The van der Waals surface area contributed by atoms with E-state index in [4.69, 9.17) is 11.0 Å². The van der Waals surface area contributed by atoms with Gasteiger partial charge in [0.25, 0.3) is 0 Å². The second-order valence-electron chi connectivity index (χ2n) is 2.95. The number of hydrogen-bond donors (Lipinski definition) is 1. The fourth-order valence-electron chi connectivity index (χ4n) is 1.15. The molecule has 1 aromatic carbocycles. The number of halogens is 5. The summed E-state index contributed by atoms with van der Waals surface area (Å²) in [6.45, 7) is 0. The van der Waals surface area contributed by atoms with Gasteiger partial charge in [-0.15, -0.1) is 0 Å². The lowest BCUT2D eigenvalue weighted by Gasteiger charge is -2.12. The zero-order valence-electron chi connectivity index (χ0n) is 7.70. The van der Waals surface area contributed by atoms with Crippen molar-refractivity contribution in [3.05, 3.63) is 34.6 Å². The van der Waals surface area contributed by atoms with Crippen molar-refractivity contribution in [2.24, 2.45) is 5.73 Å². The van der Waals surface area contributed by atoms with Crippen molar-refractivity contribution in [2.45, 2.75) is 12.5 Å². The van der Waals surface area contributed by atoms with Crippen molar-refractivity contribution >= 4 is 0 Å². The second-order valence-corrected chi connectivity index (χ2v) is 2.95. The average molecular weight is 236 g/mol. The molecule has 0 aliphatic rings. The van der Waals surface area contributed by atoms with E-state index >= 15 is 0 Å². The Labute approximate surface area is 87.1 Å². The number of nitrogens with two attached hydrogens (primary N) is 1. The van der Waals surface area contributed by atoms with E-state index in [1.807, 2.05) is 0 Å². The van der Waals surface area contributed by atoms with Crippen LogP contribution in [0.4, 0.5) is 22.0 Å². The summed E-state index contributed by atoms with van der Waals surface area (Å²) in [5.41, 5.74) is 3.97. The highest BCUT2D eigenvalue weighted by Crippen LogP contribution is 2.27. The summed E-state index contributed by atoms with van der Waals surface area (Å²) < 4.78 is 64.2. The topological polar surface area (TPSA) is 49.8 Å². The number of nitriles is 1. The van der Waals surface area contributed by atoms with Gasteiger partial charge in [0.15, 0.2) is 23.3 Å². The van der Waals surface area contributed by atoms with Crippen molar-refractivity contribution < 1.29 is 22.0 Å². The summed E-state index contributed by atoms with van der Waals surface area (Å²) in [5, 5.41) is 8.24. The summed E-state index contributed by atoms with van der Waals surface area (Å²) in [5.74, 6) is -10.4. The van der Waals surface area contributed by atoms with Crippen molar-refractivity contribution in [1.29, 1.82) is 5.26 Å². The van der Waals surface area contributed by atoms with Crippen LogP contribution in [0.2, 0.25) is 0 Å². The molecule has 7 heteroatoms. The first-order chi connectivity index (χ1) is 7.41. The smallest absolute Gasteiger partial charge is 0.200 e. The summed E-state index contributed by atoms with van der Waals surface area (Å²) in [6.07, 6.45) is -0.557. The van der Waals surface area contributed by atoms with Gasteiger partial charge in [-0.2, -0.15) is 5.26 Å². The van der Waals surface area contributed by atoms with Gasteiger partial charge in [-0.1, -0.05) is 0 Å². The monoisotopic (exact) mass is 236 g/mol. The molecule has 0 fully saturated rings. The summed E-state index contributed by atoms with van der Waals surface area (Å²) in [7, 11) is 0. The van der Waals surface area contributed by atoms with Crippen LogP contribution in [0.3, 0.4) is 0 Å². The molecule has 16 heavy (non-hydrogen) atoms. The third kappa shape index (κ3) is 1.84. The normalized spacial score (nSPS) is 12.3. The number of rotatable bonds is 2. The number of benzene rings is 1. The lowest BCUT2D eigenvalue weighted by atomic mass is 10.0. The molecule has 0 aliphatic heterocycles. The summed E-state index contributed by atoms with van der Waals surface area (Å²) in [6, 6.07) is -0.0836. The highest BCUT2D eigenvalue weighted by Gasteiger charge is 2.28. The molecule has 0 heterocycles. The maximum atomic E-state index is 13.1. The van der Waals surface area contributed by atoms with E-state index in [0.717, 1.165) is 0 Å². The van der Waals surface area contributed by atoms with Gasteiger partial charge in [-0.05, 0) is 0 Å². The predicted molar refractivity (Wildman–Crippen MR) is 43.4 cm³/mol. The Kier molecular flexibility index (Phi) is 3.44. The van der Waals surface area contributed by atoms with Gasteiger partial charge in [0.2, 0.25) is 5.82 Å². The molecule has 0 unspecified atom stereocenters. The zero-order valence-corrected chi connectivity index (χ0v) is 7.70. The molecular weight excluding hydrogens is 231 g/mol. The van der Waals surface area contributed by atoms with Crippen molar-refractivity contribution in [2.75, 3.05) is 0 Å². The summed E-state index contributed by atoms with van der Waals surface area (Å²) in [4.78, 5) is 0. The van der Waals surface area contributed by atoms with Crippen LogP contribution in [0, 0.1) is 40.4 Å². The maximum Gasteiger partial charge on any atom is 0.200 e. The van der Waals surface area contributed by atoms with Crippen LogP contribution in [0.15, 0.2) is 0 Å². The van der Waals surface area contributed by atoms with E-state index in [9.17, 15) is 22.0 Å². The molecular formula is C9H5F5N2. The average Bonchev–Trinajstić information content (AvgIpc) is 2.24. The van der Waals surface area contributed by atoms with Crippen molar-refractivity contribution in [3.63, 3.8) is 0 Å². The van der Waals surface area contributed by atoms with Gasteiger partial charge in [0.05, 0.1) is 12.5 Å². The van der Waals surface area contributed by atoms with Gasteiger partial charge in [-0.3, -0.25) is 0 Å². The lowest BCUT2D eigenvalue weighted by molar-refractivity contribution is 0.364. The van der Waals surface area contributed by atoms with Gasteiger partial charge >= 0.3 is 0 Å². The Bertz CT molecular complexity index is 437. The largest absolute Gasteiger partial charge is 0.323 e. The third-order valence-corrected chi connectivity index (χ3v) is 1.93. The van der Waals surface area contributed by atoms with E-state index < -0.39 is 47.1 Å². The molecule has 0 radical (unpaired) electrons. The van der Waals surface area contributed by atoms with E-state index in [0.29, 0.717) is 0 Å². The standard InChI is InChI=1S/C9H5F5N2/c10-5-4(3(16)1-2-15)6(11)8(13)9(14)7(5)12/h3H,1,16H2/t3-/m1/s1. The van der Waals surface area contributed by atoms with Crippen molar-refractivity contribution in [3.8, 4) is 6.07 Å². The molecule has 2 N–H and O–H groups in total. The first kappa shape index (κ1) is 12.4. The Morgan fingerprint density at radius 3 is 1.69 bits per heavy atom. The van der Waals surface area contributed by atoms with Crippen LogP contribution in [-0.2, 0) is 0 Å². The Balaban J connectivity index is 3.46. The fraction of sp³-hybridized carbons (Fsp3) is 0.222. The predicted octanol–water partition coefficient (Wildman–Crippen LogP) is 2.30.